The molecule has 0 amide bonds. The minimum atomic E-state index is 0.0506. The number of hydrogen-bond acceptors (Lipinski definition) is 3. The van der Waals surface area contributed by atoms with Gasteiger partial charge in [0.05, 0.1) is 12.1 Å². The first-order valence-electron chi connectivity index (χ1n) is 11.0. The van der Waals surface area contributed by atoms with Crippen molar-refractivity contribution in [3.8, 4) is 17.1 Å². The van der Waals surface area contributed by atoms with E-state index in [4.69, 9.17) is 21.4 Å². The number of methoxy groups -OCH3 is 1. The molecule has 5 nitrogen and oxygen atoms in total. The lowest BCUT2D eigenvalue weighted by atomic mass is 9.91. The van der Waals surface area contributed by atoms with Crippen molar-refractivity contribution in [1.82, 2.24) is 14.2 Å². The molecule has 2 aromatic heterocycles. The Morgan fingerprint density at radius 3 is 2.47 bits per heavy atom. The van der Waals surface area contributed by atoms with E-state index in [9.17, 15) is 4.79 Å². The summed E-state index contributed by atoms with van der Waals surface area (Å²) in [4.78, 5) is 13.8. The van der Waals surface area contributed by atoms with Crippen molar-refractivity contribution in [1.29, 1.82) is 0 Å². The third-order valence-electron chi connectivity index (χ3n) is 6.07. The average Bonchev–Trinajstić information content (AvgIpc) is 3.51. The molecule has 160 valence electrons. The number of ether oxygens (including phenoxy) is 1. The zero-order valence-electron chi connectivity index (χ0n) is 18.2. The zero-order chi connectivity index (χ0) is 21.4. The zero-order valence-corrected chi connectivity index (χ0v) is 19.0. The number of aryl methyl sites for hydroxylation is 1. The fourth-order valence-corrected chi connectivity index (χ4v) is 4.73. The number of rotatable bonds is 8. The van der Waals surface area contributed by atoms with Crippen LogP contribution in [-0.4, -0.2) is 21.3 Å². The van der Waals surface area contributed by atoms with Crippen molar-refractivity contribution in [2.24, 2.45) is 0 Å². The van der Waals surface area contributed by atoms with Crippen LogP contribution in [0.2, 0.25) is 5.02 Å². The van der Waals surface area contributed by atoms with Gasteiger partial charge in [0.15, 0.2) is 5.82 Å². The molecule has 6 heteroatoms. The molecule has 4 rings (SSSR count). The predicted molar refractivity (Wildman–Crippen MR) is 122 cm³/mol. The van der Waals surface area contributed by atoms with Gasteiger partial charge in [-0.25, -0.2) is 4.52 Å². The monoisotopic (exact) mass is 427 g/mol. The maximum absolute atomic E-state index is 13.8. The maximum Gasteiger partial charge on any atom is 0.278 e. The molecule has 0 aliphatic heterocycles. The van der Waals surface area contributed by atoms with Crippen LogP contribution in [0.5, 0.6) is 5.75 Å². The molecule has 2 heterocycles. The van der Waals surface area contributed by atoms with E-state index in [1.807, 2.05) is 28.1 Å². The summed E-state index contributed by atoms with van der Waals surface area (Å²) in [6.45, 7) is 6.44. The van der Waals surface area contributed by atoms with Crippen molar-refractivity contribution >= 4 is 17.1 Å². The van der Waals surface area contributed by atoms with Crippen LogP contribution in [0.15, 0.2) is 29.1 Å². The van der Waals surface area contributed by atoms with Gasteiger partial charge in [-0.2, -0.15) is 0 Å². The molecule has 0 saturated heterocycles. The van der Waals surface area contributed by atoms with Gasteiger partial charge in [0, 0.05) is 17.3 Å². The molecule has 30 heavy (non-hydrogen) atoms. The molecular formula is C24H30ClN3O2. The summed E-state index contributed by atoms with van der Waals surface area (Å²) in [5.41, 5.74) is 3.68. The van der Waals surface area contributed by atoms with Crippen molar-refractivity contribution in [3.05, 3.63) is 50.9 Å². The highest BCUT2D eigenvalue weighted by Gasteiger charge is 2.31. The predicted octanol–water partition coefficient (Wildman–Crippen LogP) is 6.15. The molecule has 0 radical (unpaired) electrons. The Balaban J connectivity index is 1.97. The Kier molecular flexibility index (Phi) is 5.92. The summed E-state index contributed by atoms with van der Waals surface area (Å²) in [6, 6.07) is 7.89. The second kappa shape index (κ2) is 8.46. The summed E-state index contributed by atoms with van der Waals surface area (Å²) in [5, 5.41) is 5.50. The highest BCUT2D eigenvalue weighted by atomic mass is 35.5. The topological polar surface area (TPSA) is 48.5 Å². The molecule has 0 bridgehead atoms. The number of benzene rings is 1. The lowest BCUT2D eigenvalue weighted by Gasteiger charge is -2.17. The quantitative estimate of drug-likeness (QED) is 0.433. The lowest BCUT2D eigenvalue weighted by molar-refractivity contribution is 0.415. The first-order chi connectivity index (χ1) is 14.5. The normalized spacial score (nSPS) is 14.1. The van der Waals surface area contributed by atoms with Gasteiger partial charge in [-0.3, -0.25) is 9.36 Å². The minimum Gasteiger partial charge on any atom is -0.497 e. The molecule has 0 unspecified atom stereocenters. The van der Waals surface area contributed by atoms with Gasteiger partial charge in [-0.15, -0.1) is 5.10 Å². The van der Waals surface area contributed by atoms with Gasteiger partial charge in [-0.05, 0) is 68.4 Å². The van der Waals surface area contributed by atoms with Crippen molar-refractivity contribution < 1.29 is 4.74 Å². The van der Waals surface area contributed by atoms with E-state index in [1.165, 1.54) is 0 Å². The summed E-state index contributed by atoms with van der Waals surface area (Å²) in [5.74, 6) is 1.71. The molecule has 1 saturated carbocycles. The molecule has 1 fully saturated rings. The fraction of sp³-hybridized carbons (Fsp3) is 0.500. The molecule has 0 N–H and O–H groups in total. The lowest BCUT2D eigenvalue weighted by Crippen LogP contribution is -2.26. The van der Waals surface area contributed by atoms with E-state index < -0.39 is 0 Å². The second-order valence-corrected chi connectivity index (χ2v) is 8.76. The first kappa shape index (κ1) is 21.0. The van der Waals surface area contributed by atoms with Gasteiger partial charge in [0.25, 0.3) is 5.56 Å². The van der Waals surface area contributed by atoms with Crippen LogP contribution in [0.4, 0.5) is 0 Å². The van der Waals surface area contributed by atoms with E-state index in [1.54, 1.807) is 13.2 Å². The molecule has 1 aliphatic rings. The first-order valence-corrected chi connectivity index (χ1v) is 11.4. The number of fused-ring (bicyclic) bond motifs is 1. The Hall–Kier alpha value is -2.27. The third kappa shape index (κ3) is 3.64. The highest BCUT2D eigenvalue weighted by molar-refractivity contribution is 6.33. The molecule has 0 spiro atoms. The van der Waals surface area contributed by atoms with E-state index in [0.29, 0.717) is 22.5 Å². The Morgan fingerprint density at radius 2 is 1.90 bits per heavy atom. The smallest absolute Gasteiger partial charge is 0.278 e. The third-order valence-corrected chi connectivity index (χ3v) is 6.38. The second-order valence-electron chi connectivity index (χ2n) is 8.35. The standard InChI is InChI=1S/C24H30ClN3O2/c1-5-7-16(8-6-2)20-13-15(3)28-22(20)24(29)27(17-9-10-17)23(26-28)19-12-11-18(30-4)14-21(19)25/h11-14,16-17H,5-10H2,1-4H3. The van der Waals surface area contributed by atoms with Gasteiger partial charge in [-0.1, -0.05) is 38.3 Å². The number of nitrogens with zero attached hydrogens (tertiary/aromatic N) is 3. The van der Waals surface area contributed by atoms with Gasteiger partial charge >= 0.3 is 0 Å². The van der Waals surface area contributed by atoms with Crippen LogP contribution in [0.25, 0.3) is 16.9 Å². The SMILES string of the molecule is CCCC(CCC)c1cc(C)n2nc(-c3ccc(OC)cc3Cl)n(C3CC3)c(=O)c12. The van der Waals surface area contributed by atoms with Crippen LogP contribution >= 0.6 is 11.6 Å². The van der Waals surface area contributed by atoms with Crippen LogP contribution in [0.1, 0.15) is 75.6 Å². The van der Waals surface area contributed by atoms with Gasteiger partial charge in [0.1, 0.15) is 11.3 Å². The fourth-order valence-electron chi connectivity index (χ4n) is 4.47. The summed E-state index contributed by atoms with van der Waals surface area (Å²) < 4.78 is 9.00. The Bertz CT molecular complexity index is 1120. The maximum atomic E-state index is 13.8. The van der Waals surface area contributed by atoms with Crippen molar-refractivity contribution in [3.63, 3.8) is 0 Å². The van der Waals surface area contributed by atoms with Crippen molar-refractivity contribution in [2.75, 3.05) is 7.11 Å². The largest absolute Gasteiger partial charge is 0.497 e. The number of halogens is 1. The van der Waals surface area contributed by atoms with E-state index in [-0.39, 0.29) is 11.6 Å². The van der Waals surface area contributed by atoms with E-state index in [0.717, 1.165) is 60.9 Å². The van der Waals surface area contributed by atoms with E-state index in [2.05, 4.69) is 19.9 Å². The molecule has 3 aromatic rings. The molecule has 0 atom stereocenters. The molecule has 1 aliphatic carbocycles. The van der Waals surface area contributed by atoms with Crippen LogP contribution < -0.4 is 10.3 Å². The van der Waals surface area contributed by atoms with Gasteiger partial charge < -0.3 is 4.74 Å². The minimum absolute atomic E-state index is 0.0506. The van der Waals surface area contributed by atoms with Gasteiger partial charge in [0.2, 0.25) is 0 Å². The number of aromatic nitrogens is 3. The highest BCUT2D eigenvalue weighted by Crippen LogP contribution is 2.39. The summed E-state index contributed by atoms with van der Waals surface area (Å²) in [7, 11) is 1.61. The average molecular weight is 428 g/mol. The Morgan fingerprint density at radius 1 is 1.20 bits per heavy atom. The van der Waals surface area contributed by atoms with Crippen LogP contribution in [-0.2, 0) is 0 Å². The van der Waals surface area contributed by atoms with Crippen LogP contribution in [0, 0.1) is 6.92 Å². The van der Waals surface area contributed by atoms with Crippen LogP contribution in [0.3, 0.4) is 0 Å². The number of hydrogen-bond donors (Lipinski definition) is 0. The molecular weight excluding hydrogens is 398 g/mol. The Labute approximate surface area is 182 Å². The van der Waals surface area contributed by atoms with E-state index >= 15 is 0 Å². The summed E-state index contributed by atoms with van der Waals surface area (Å²) in [6.07, 6.45) is 6.38. The van der Waals surface area contributed by atoms with Crippen molar-refractivity contribution in [2.45, 2.75) is 71.3 Å². The molecule has 1 aromatic carbocycles. The summed E-state index contributed by atoms with van der Waals surface area (Å²) >= 11 is 6.58.